The molecule has 3 aromatic rings. The van der Waals surface area contributed by atoms with Gasteiger partial charge in [0.1, 0.15) is 22.6 Å². The van der Waals surface area contributed by atoms with Crippen molar-refractivity contribution in [1.29, 1.82) is 0 Å². The van der Waals surface area contributed by atoms with Gasteiger partial charge in [-0.3, -0.25) is 14.9 Å². The SMILES string of the molecule is CCOC(=O)c1cc(S(N)(=O)=O)c(Cl)cc1NCCCCC(C(=O)OC(C)(C)C)N(Cc1ccccc1)C(=O)C(C)NC(CCc1ccccc1)C(=O)OCC. The van der Waals surface area contributed by atoms with E-state index in [0.717, 1.165) is 17.2 Å². The minimum atomic E-state index is -4.22. The van der Waals surface area contributed by atoms with Gasteiger partial charge in [-0.2, -0.15) is 0 Å². The molecular weight excluding hydrogens is 760 g/mol. The van der Waals surface area contributed by atoms with Crippen LogP contribution in [0.25, 0.3) is 0 Å². The molecule has 306 valence electrons. The molecule has 0 spiro atoms. The van der Waals surface area contributed by atoms with Crippen molar-refractivity contribution >= 4 is 51.1 Å². The number of sulfonamides is 1. The number of halogens is 1. The summed E-state index contributed by atoms with van der Waals surface area (Å²) in [6, 6.07) is 18.7. The zero-order valence-corrected chi connectivity index (χ0v) is 34.6. The maximum atomic E-state index is 14.5. The number of aryl methyl sites for hydroxylation is 1. The zero-order valence-electron chi connectivity index (χ0n) is 33.0. The molecule has 15 heteroatoms. The van der Waals surface area contributed by atoms with Crippen LogP contribution in [-0.2, 0) is 51.6 Å². The van der Waals surface area contributed by atoms with Crippen molar-refractivity contribution in [3.8, 4) is 0 Å². The van der Waals surface area contributed by atoms with Gasteiger partial charge in [0.2, 0.25) is 15.9 Å². The highest BCUT2D eigenvalue weighted by Crippen LogP contribution is 2.29. The van der Waals surface area contributed by atoms with E-state index in [9.17, 15) is 27.6 Å². The molecule has 13 nitrogen and oxygen atoms in total. The third-order valence-electron chi connectivity index (χ3n) is 8.58. The Labute approximate surface area is 335 Å². The first-order chi connectivity index (χ1) is 26.4. The van der Waals surface area contributed by atoms with Gasteiger partial charge in [0.05, 0.1) is 35.5 Å². The fourth-order valence-electron chi connectivity index (χ4n) is 5.96. The van der Waals surface area contributed by atoms with Crippen LogP contribution in [0.3, 0.4) is 0 Å². The molecule has 56 heavy (non-hydrogen) atoms. The van der Waals surface area contributed by atoms with Crippen LogP contribution in [0.15, 0.2) is 77.7 Å². The predicted octanol–water partition coefficient (Wildman–Crippen LogP) is 6.03. The monoisotopic (exact) mass is 814 g/mol. The lowest BCUT2D eigenvalue weighted by molar-refractivity contribution is -0.166. The van der Waals surface area contributed by atoms with E-state index < -0.39 is 62.5 Å². The number of rotatable bonds is 21. The summed E-state index contributed by atoms with van der Waals surface area (Å²) < 4.78 is 40.5. The first-order valence-electron chi connectivity index (χ1n) is 18.8. The predicted molar refractivity (Wildman–Crippen MR) is 216 cm³/mol. The number of hydrogen-bond donors (Lipinski definition) is 3. The van der Waals surface area contributed by atoms with E-state index in [1.807, 2.05) is 60.7 Å². The summed E-state index contributed by atoms with van der Waals surface area (Å²) in [4.78, 5) is 55.4. The van der Waals surface area contributed by atoms with Gasteiger partial charge in [0.15, 0.2) is 0 Å². The van der Waals surface area contributed by atoms with Crippen LogP contribution in [-0.4, -0.2) is 80.6 Å². The lowest BCUT2D eigenvalue weighted by Gasteiger charge is -2.35. The summed E-state index contributed by atoms with van der Waals surface area (Å²) in [7, 11) is -4.22. The van der Waals surface area contributed by atoms with Crippen LogP contribution in [0, 0.1) is 0 Å². The smallest absolute Gasteiger partial charge is 0.340 e. The molecule has 0 saturated carbocycles. The lowest BCUT2D eigenvalue weighted by atomic mass is 10.0. The molecule has 3 rings (SSSR count). The van der Waals surface area contributed by atoms with Crippen LogP contribution in [0.1, 0.15) is 88.7 Å². The highest BCUT2D eigenvalue weighted by atomic mass is 35.5. The molecule has 0 aliphatic carbocycles. The largest absolute Gasteiger partial charge is 0.465 e. The summed E-state index contributed by atoms with van der Waals surface area (Å²) in [5.74, 6) is -2.21. The number of primary sulfonamides is 1. The number of unbranched alkanes of at least 4 members (excludes halogenated alkanes) is 1. The molecule has 0 radical (unpaired) electrons. The molecular formula is C41H55ClN4O9S. The molecule has 3 aromatic carbocycles. The van der Waals surface area contributed by atoms with E-state index >= 15 is 0 Å². The van der Waals surface area contributed by atoms with Gasteiger partial charge in [-0.25, -0.2) is 23.1 Å². The Morgan fingerprint density at radius 3 is 2.04 bits per heavy atom. The van der Waals surface area contributed by atoms with Crippen LogP contribution < -0.4 is 15.8 Å². The van der Waals surface area contributed by atoms with Gasteiger partial charge >= 0.3 is 17.9 Å². The highest BCUT2D eigenvalue weighted by Gasteiger charge is 2.36. The molecule has 0 bridgehead atoms. The summed E-state index contributed by atoms with van der Waals surface area (Å²) >= 11 is 6.23. The average molecular weight is 815 g/mol. The maximum Gasteiger partial charge on any atom is 0.340 e. The topological polar surface area (TPSA) is 183 Å². The van der Waals surface area contributed by atoms with Gasteiger partial charge in [-0.15, -0.1) is 0 Å². The number of nitrogens with zero attached hydrogens (tertiary/aromatic N) is 1. The van der Waals surface area contributed by atoms with E-state index in [-0.39, 0.29) is 49.0 Å². The van der Waals surface area contributed by atoms with E-state index in [1.54, 1.807) is 41.5 Å². The molecule has 0 aliphatic rings. The van der Waals surface area contributed by atoms with Crippen LogP contribution in [0.4, 0.5) is 5.69 Å². The summed E-state index contributed by atoms with van der Waals surface area (Å²) in [5.41, 5.74) is 1.17. The Hall–Kier alpha value is -4.50. The van der Waals surface area contributed by atoms with Crippen molar-refractivity contribution < 1.29 is 41.8 Å². The lowest BCUT2D eigenvalue weighted by Crippen LogP contribution is -2.55. The Bertz CT molecular complexity index is 1870. The number of benzene rings is 3. The highest BCUT2D eigenvalue weighted by molar-refractivity contribution is 7.89. The number of carbonyl (C=O) groups excluding carboxylic acids is 4. The molecule has 0 fully saturated rings. The molecule has 3 atom stereocenters. The number of carbonyl (C=O) groups is 4. The summed E-state index contributed by atoms with van der Waals surface area (Å²) in [5, 5.41) is 11.4. The van der Waals surface area contributed by atoms with Crippen molar-refractivity contribution in [3.63, 3.8) is 0 Å². The Morgan fingerprint density at radius 2 is 1.46 bits per heavy atom. The molecule has 0 aliphatic heterocycles. The minimum Gasteiger partial charge on any atom is -0.465 e. The molecule has 0 saturated heterocycles. The second kappa shape index (κ2) is 21.7. The second-order valence-electron chi connectivity index (χ2n) is 14.2. The van der Waals surface area contributed by atoms with Crippen molar-refractivity contribution in [3.05, 3.63) is 94.5 Å². The van der Waals surface area contributed by atoms with Crippen LogP contribution in [0.2, 0.25) is 5.02 Å². The van der Waals surface area contributed by atoms with Crippen LogP contribution in [0.5, 0.6) is 0 Å². The van der Waals surface area contributed by atoms with E-state index in [1.165, 1.54) is 11.0 Å². The van der Waals surface area contributed by atoms with Crippen molar-refractivity contribution in [2.75, 3.05) is 25.1 Å². The second-order valence-corrected chi connectivity index (χ2v) is 16.2. The number of nitrogens with two attached hydrogens (primary N) is 1. The standard InChI is InChI=1S/C41H55ClN4O9S/c1-7-53-38(48)31-25-36(56(43,51)52)32(42)26-34(31)44-24-16-15-21-35(40(50)55-41(4,5)6)46(27-30-19-13-10-14-20-30)37(47)28(3)45-33(39(49)54-8-2)23-22-29-17-11-9-12-18-29/h9-14,17-20,25-26,28,33,35,44-45H,7-8,15-16,21-24,27H2,1-6H3,(H2,43,51,52). The average Bonchev–Trinajstić information content (AvgIpc) is 3.13. The minimum absolute atomic E-state index is 0.0567. The normalized spacial score (nSPS) is 13.2. The Morgan fingerprint density at radius 1 is 0.857 bits per heavy atom. The third-order valence-corrected chi connectivity index (χ3v) is 9.96. The Balaban J connectivity index is 1.87. The van der Waals surface area contributed by atoms with Crippen molar-refractivity contribution in [2.24, 2.45) is 5.14 Å². The fourth-order valence-corrected chi connectivity index (χ4v) is 7.06. The fraction of sp³-hybridized carbons (Fsp3) is 0.463. The quantitative estimate of drug-likeness (QED) is 0.0649. The zero-order chi connectivity index (χ0) is 41.5. The number of ether oxygens (including phenoxy) is 3. The number of amides is 1. The van der Waals surface area contributed by atoms with E-state index in [4.69, 9.17) is 31.0 Å². The van der Waals surface area contributed by atoms with Gasteiger partial charge in [-0.05, 0) is 96.9 Å². The van der Waals surface area contributed by atoms with Gasteiger partial charge in [0.25, 0.3) is 0 Å². The van der Waals surface area contributed by atoms with Crippen molar-refractivity contribution in [1.82, 2.24) is 10.2 Å². The summed E-state index contributed by atoms with van der Waals surface area (Å²) in [6.07, 6.45) is 2.06. The maximum absolute atomic E-state index is 14.5. The number of nitrogens with one attached hydrogen (secondary N) is 2. The first kappa shape index (κ1) is 45.9. The number of hydrogen-bond acceptors (Lipinski definition) is 11. The number of esters is 3. The first-order valence-corrected chi connectivity index (χ1v) is 20.7. The molecule has 3 unspecified atom stereocenters. The molecule has 0 heterocycles. The van der Waals surface area contributed by atoms with Crippen LogP contribution >= 0.6 is 11.6 Å². The van der Waals surface area contributed by atoms with Gasteiger partial charge < -0.3 is 24.4 Å². The Kier molecular flexibility index (Phi) is 17.8. The van der Waals surface area contributed by atoms with Gasteiger partial charge in [0, 0.05) is 13.1 Å². The molecule has 4 N–H and O–H groups in total. The summed E-state index contributed by atoms with van der Waals surface area (Å²) in [6.45, 7) is 10.9. The molecule has 1 amide bonds. The van der Waals surface area contributed by atoms with E-state index in [2.05, 4.69) is 10.6 Å². The van der Waals surface area contributed by atoms with Crippen molar-refractivity contribution in [2.45, 2.75) is 109 Å². The number of anilines is 1. The van der Waals surface area contributed by atoms with Gasteiger partial charge in [-0.1, -0.05) is 72.3 Å². The third kappa shape index (κ3) is 14.5. The van der Waals surface area contributed by atoms with E-state index in [0.29, 0.717) is 25.7 Å². The molecule has 0 aromatic heterocycles.